The molecule has 1 aromatic carbocycles. The normalized spacial score (nSPS) is 30.0. The SMILES string of the molecule is C[C@@H]1CCC[C@@H]2C1=NN(C(=O)c1ccccc1O)[C@@]2(O)C(F)(F)F. The highest BCUT2D eigenvalue weighted by molar-refractivity contribution is 6.01. The molecule has 1 aromatic rings. The predicted molar refractivity (Wildman–Crippen MR) is 79.2 cm³/mol. The van der Waals surface area contributed by atoms with E-state index in [2.05, 4.69) is 5.10 Å². The van der Waals surface area contributed by atoms with Crippen molar-refractivity contribution in [3.05, 3.63) is 29.8 Å². The number of phenolic OH excluding ortho intramolecular Hbond substituents is 1. The van der Waals surface area contributed by atoms with E-state index in [1.54, 1.807) is 6.92 Å². The Kier molecular flexibility index (Phi) is 3.82. The minimum absolute atomic E-state index is 0.101. The van der Waals surface area contributed by atoms with Gasteiger partial charge in [-0.1, -0.05) is 25.5 Å². The number of nitrogens with zero attached hydrogens (tertiary/aromatic N) is 2. The van der Waals surface area contributed by atoms with Crippen molar-refractivity contribution >= 4 is 11.6 Å². The lowest BCUT2D eigenvalue weighted by Gasteiger charge is -2.39. The molecule has 1 heterocycles. The summed E-state index contributed by atoms with van der Waals surface area (Å²) in [6, 6.07) is 5.25. The number of hydrogen-bond donors (Lipinski definition) is 2. The van der Waals surface area contributed by atoms with Crippen molar-refractivity contribution in [1.82, 2.24) is 5.01 Å². The molecule has 8 heteroatoms. The lowest BCUT2D eigenvalue weighted by atomic mass is 9.75. The van der Waals surface area contributed by atoms with Crippen LogP contribution >= 0.6 is 0 Å². The number of aliphatic hydroxyl groups is 1. The number of benzene rings is 1. The van der Waals surface area contributed by atoms with E-state index in [0.717, 1.165) is 0 Å². The van der Waals surface area contributed by atoms with Gasteiger partial charge in [0.05, 0.1) is 11.5 Å². The summed E-state index contributed by atoms with van der Waals surface area (Å²) in [5, 5.41) is 24.2. The van der Waals surface area contributed by atoms with Crippen molar-refractivity contribution in [3.8, 4) is 5.75 Å². The molecular weight excluding hydrogens is 325 g/mol. The Morgan fingerprint density at radius 1 is 1.33 bits per heavy atom. The second-order valence-corrected chi connectivity index (χ2v) is 6.27. The fraction of sp³-hybridized carbons (Fsp3) is 0.500. The Labute approximate surface area is 136 Å². The van der Waals surface area contributed by atoms with Gasteiger partial charge in [0.1, 0.15) is 5.75 Å². The fourth-order valence-electron chi connectivity index (χ4n) is 3.47. The molecule has 3 rings (SSSR count). The Balaban J connectivity index is 2.10. The number of phenols is 1. The molecule has 0 aromatic heterocycles. The standard InChI is InChI=1S/C16H17F3N2O3/c1-9-5-4-7-11-13(9)20-21(15(11,24)16(17,18)19)14(23)10-6-2-3-8-12(10)22/h2-3,6,8-9,11,22,24H,4-5,7H2,1H3/t9-,11-,15+/m1/s1. The van der Waals surface area contributed by atoms with Crippen LogP contribution in [0.3, 0.4) is 0 Å². The van der Waals surface area contributed by atoms with Crippen LogP contribution in [0.2, 0.25) is 0 Å². The van der Waals surface area contributed by atoms with Crippen LogP contribution in [0.1, 0.15) is 36.5 Å². The van der Waals surface area contributed by atoms with Gasteiger partial charge in [-0.15, -0.1) is 0 Å². The Hall–Kier alpha value is -2.09. The van der Waals surface area contributed by atoms with Crippen molar-refractivity contribution < 1.29 is 28.2 Å². The third kappa shape index (κ3) is 2.28. The zero-order valence-electron chi connectivity index (χ0n) is 12.9. The number of carbonyl (C=O) groups is 1. The molecule has 5 nitrogen and oxygen atoms in total. The van der Waals surface area contributed by atoms with E-state index < -0.39 is 29.5 Å². The summed E-state index contributed by atoms with van der Waals surface area (Å²) in [5.41, 5.74) is -3.54. The molecular formula is C16H17F3N2O3. The molecule has 130 valence electrons. The van der Waals surface area contributed by atoms with Gasteiger partial charge in [0.25, 0.3) is 11.6 Å². The van der Waals surface area contributed by atoms with Crippen molar-refractivity contribution in [2.45, 2.75) is 38.1 Å². The van der Waals surface area contributed by atoms with Crippen molar-refractivity contribution in [2.75, 3.05) is 0 Å². The number of hydrazone groups is 1. The molecule has 1 amide bonds. The minimum atomic E-state index is -5.07. The van der Waals surface area contributed by atoms with Crippen molar-refractivity contribution in [3.63, 3.8) is 0 Å². The molecule has 1 fully saturated rings. The molecule has 3 atom stereocenters. The monoisotopic (exact) mass is 342 g/mol. The molecule has 24 heavy (non-hydrogen) atoms. The van der Waals surface area contributed by atoms with Crippen LogP contribution in [0.5, 0.6) is 5.75 Å². The van der Waals surface area contributed by atoms with Crippen LogP contribution in [-0.4, -0.2) is 38.7 Å². The number of hydrogen-bond acceptors (Lipinski definition) is 4. The van der Waals surface area contributed by atoms with Gasteiger partial charge < -0.3 is 10.2 Å². The molecule has 1 aliphatic carbocycles. The van der Waals surface area contributed by atoms with Gasteiger partial charge >= 0.3 is 6.18 Å². The van der Waals surface area contributed by atoms with E-state index in [0.29, 0.717) is 12.8 Å². The molecule has 0 radical (unpaired) electrons. The van der Waals surface area contributed by atoms with E-state index in [1.165, 1.54) is 24.3 Å². The summed E-state index contributed by atoms with van der Waals surface area (Å²) in [6.45, 7) is 1.73. The number of rotatable bonds is 1. The maximum Gasteiger partial charge on any atom is 0.439 e. The van der Waals surface area contributed by atoms with Crippen LogP contribution in [0.15, 0.2) is 29.4 Å². The number of fused-ring (bicyclic) bond motifs is 1. The molecule has 2 aliphatic rings. The summed E-state index contributed by atoms with van der Waals surface area (Å²) in [6.07, 6.45) is -3.80. The van der Waals surface area contributed by atoms with Crippen molar-refractivity contribution in [1.29, 1.82) is 0 Å². The lowest BCUT2D eigenvalue weighted by Crippen LogP contribution is -2.61. The Morgan fingerprint density at radius 3 is 2.62 bits per heavy atom. The van der Waals surface area contributed by atoms with Gasteiger partial charge in [-0.25, -0.2) is 0 Å². The van der Waals surface area contributed by atoms with E-state index in [-0.39, 0.29) is 28.6 Å². The Morgan fingerprint density at radius 2 is 2.00 bits per heavy atom. The zero-order chi connectivity index (χ0) is 17.7. The number of amides is 1. The molecule has 0 bridgehead atoms. The summed E-state index contributed by atoms with van der Waals surface area (Å²) in [4.78, 5) is 12.6. The fourth-order valence-corrected chi connectivity index (χ4v) is 3.47. The maximum absolute atomic E-state index is 13.7. The highest BCUT2D eigenvalue weighted by atomic mass is 19.4. The summed E-state index contributed by atoms with van der Waals surface area (Å²) in [5.74, 6) is -3.17. The highest BCUT2D eigenvalue weighted by Crippen LogP contribution is 2.49. The summed E-state index contributed by atoms with van der Waals surface area (Å²) in [7, 11) is 0. The van der Waals surface area contributed by atoms with Crippen LogP contribution in [0.25, 0.3) is 0 Å². The third-order valence-electron chi connectivity index (χ3n) is 4.76. The second-order valence-electron chi connectivity index (χ2n) is 6.27. The molecule has 0 saturated heterocycles. The average Bonchev–Trinajstić information content (AvgIpc) is 2.83. The molecule has 2 N–H and O–H groups in total. The first-order valence-corrected chi connectivity index (χ1v) is 7.68. The van der Waals surface area contributed by atoms with Crippen molar-refractivity contribution in [2.24, 2.45) is 16.9 Å². The van der Waals surface area contributed by atoms with E-state index in [4.69, 9.17) is 0 Å². The number of carbonyl (C=O) groups excluding carboxylic acids is 1. The van der Waals surface area contributed by atoms with Gasteiger partial charge in [-0.05, 0) is 30.9 Å². The first-order valence-electron chi connectivity index (χ1n) is 7.68. The smallest absolute Gasteiger partial charge is 0.439 e. The first kappa shape index (κ1) is 16.8. The van der Waals surface area contributed by atoms with Crippen LogP contribution in [-0.2, 0) is 0 Å². The van der Waals surface area contributed by atoms with Crippen LogP contribution in [0.4, 0.5) is 13.2 Å². The van der Waals surface area contributed by atoms with Gasteiger partial charge in [0, 0.05) is 5.71 Å². The largest absolute Gasteiger partial charge is 0.507 e. The predicted octanol–water partition coefficient (Wildman–Crippen LogP) is 2.89. The average molecular weight is 342 g/mol. The second kappa shape index (κ2) is 5.47. The van der Waals surface area contributed by atoms with Gasteiger partial charge in [0.2, 0.25) is 0 Å². The summed E-state index contributed by atoms with van der Waals surface area (Å²) >= 11 is 0. The third-order valence-corrected chi connectivity index (χ3v) is 4.76. The Bertz CT molecular complexity index is 704. The number of alkyl halides is 3. The number of aromatic hydroxyl groups is 1. The van der Waals surface area contributed by atoms with E-state index in [1.807, 2.05) is 0 Å². The van der Waals surface area contributed by atoms with Gasteiger partial charge in [0.15, 0.2) is 0 Å². The topological polar surface area (TPSA) is 73.1 Å². The number of halogens is 3. The van der Waals surface area contributed by atoms with Crippen LogP contribution in [0, 0.1) is 11.8 Å². The lowest BCUT2D eigenvalue weighted by molar-refractivity contribution is -0.312. The van der Waals surface area contributed by atoms with E-state index >= 15 is 0 Å². The maximum atomic E-state index is 13.7. The first-order chi connectivity index (χ1) is 11.2. The quantitative estimate of drug-likeness (QED) is 0.824. The summed E-state index contributed by atoms with van der Waals surface area (Å²) < 4.78 is 41.1. The molecule has 0 spiro atoms. The van der Waals surface area contributed by atoms with Gasteiger partial charge in [-0.2, -0.15) is 23.3 Å². The van der Waals surface area contributed by atoms with E-state index in [9.17, 15) is 28.2 Å². The molecule has 0 unspecified atom stereocenters. The molecule has 1 aliphatic heterocycles. The van der Waals surface area contributed by atoms with Gasteiger partial charge in [-0.3, -0.25) is 4.79 Å². The highest BCUT2D eigenvalue weighted by Gasteiger charge is 2.69. The minimum Gasteiger partial charge on any atom is -0.507 e. The van der Waals surface area contributed by atoms with Crippen LogP contribution < -0.4 is 0 Å². The molecule has 1 saturated carbocycles. The zero-order valence-corrected chi connectivity index (χ0v) is 12.9. The number of para-hydroxylation sites is 1.